The molecule has 0 amide bonds. The summed E-state index contributed by atoms with van der Waals surface area (Å²) in [6.07, 6.45) is 2.51. The number of benzene rings is 1. The standard InChI is InChI=1S/C13H13BrClN3O2/c14-9-6-17-18(13(9)16)7-8-4-10(15)12-11(5-8)19-2-1-3-20-12/h4-6H,1-3,7,16H2. The van der Waals surface area contributed by atoms with Crippen molar-refractivity contribution in [3.05, 3.63) is 33.4 Å². The van der Waals surface area contributed by atoms with Crippen molar-refractivity contribution in [3.8, 4) is 11.5 Å². The van der Waals surface area contributed by atoms with Crippen molar-refractivity contribution >= 4 is 33.3 Å². The van der Waals surface area contributed by atoms with Crippen LogP contribution >= 0.6 is 27.5 Å². The highest BCUT2D eigenvalue weighted by Gasteiger charge is 2.16. The monoisotopic (exact) mass is 357 g/mol. The average molecular weight is 359 g/mol. The molecule has 5 nitrogen and oxygen atoms in total. The van der Waals surface area contributed by atoms with E-state index in [1.165, 1.54) is 0 Å². The maximum Gasteiger partial charge on any atom is 0.179 e. The van der Waals surface area contributed by atoms with Crippen LogP contribution in [0.5, 0.6) is 11.5 Å². The maximum atomic E-state index is 6.26. The van der Waals surface area contributed by atoms with Crippen molar-refractivity contribution in [2.45, 2.75) is 13.0 Å². The molecular weight excluding hydrogens is 346 g/mol. The SMILES string of the molecule is Nc1c(Br)cnn1Cc1cc(Cl)c2c(c1)OCCCO2. The van der Waals surface area contributed by atoms with Crippen LogP contribution < -0.4 is 15.2 Å². The Balaban J connectivity index is 1.93. The summed E-state index contributed by atoms with van der Waals surface area (Å²) in [4.78, 5) is 0. The lowest BCUT2D eigenvalue weighted by atomic mass is 10.2. The number of anilines is 1. The molecule has 2 N–H and O–H groups in total. The highest BCUT2D eigenvalue weighted by Crippen LogP contribution is 2.38. The minimum absolute atomic E-state index is 0.522. The van der Waals surface area contributed by atoms with Gasteiger partial charge in [0.1, 0.15) is 5.82 Å². The summed E-state index contributed by atoms with van der Waals surface area (Å²) in [6.45, 7) is 1.77. The minimum atomic E-state index is 0.522. The Morgan fingerprint density at radius 1 is 1.35 bits per heavy atom. The van der Waals surface area contributed by atoms with Gasteiger partial charge in [0.25, 0.3) is 0 Å². The Morgan fingerprint density at radius 2 is 2.15 bits per heavy atom. The summed E-state index contributed by atoms with van der Waals surface area (Å²) in [5.41, 5.74) is 6.88. The van der Waals surface area contributed by atoms with Gasteiger partial charge < -0.3 is 15.2 Å². The van der Waals surface area contributed by atoms with E-state index in [0.717, 1.165) is 16.5 Å². The number of aromatic nitrogens is 2. The summed E-state index contributed by atoms with van der Waals surface area (Å²) in [5.74, 6) is 1.87. The van der Waals surface area contributed by atoms with Gasteiger partial charge in [-0.3, -0.25) is 0 Å². The number of rotatable bonds is 2. The maximum absolute atomic E-state index is 6.26. The molecule has 0 atom stereocenters. The second-order valence-electron chi connectivity index (χ2n) is 4.49. The second kappa shape index (κ2) is 5.54. The molecule has 0 saturated heterocycles. The quantitative estimate of drug-likeness (QED) is 0.896. The van der Waals surface area contributed by atoms with E-state index in [9.17, 15) is 0 Å². The zero-order valence-electron chi connectivity index (χ0n) is 10.6. The molecular formula is C13H13BrClN3O2. The number of hydrogen-bond donors (Lipinski definition) is 1. The molecule has 1 aliphatic heterocycles. The predicted molar refractivity (Wildman–Crippen MR) is 80.5 cm³/mol. The zero-order chi connectivity index (χ0) is 14.1. The van der Waals surface area contributed by atoms with Gasteiger partial charge in [-0.2, -0.15) is 5.10 Å². The van der Waals surface area contributed by atoms with Crippen LogP contribution in [-0.2, 0) is 6.54 Å². The molecule has 3 rings (SSSR count). The summed E-state index contributed by atoms with van der Waals surface area (Å²) in [5, 5.41) is 4.75. The molecule has 1 aliphatic rings. The van der Waals surface area contributed by atoms with Crippen LogP contribution in [0.2, 0.25) is 5.02 Å². The van der Waals surface area contributed by atoms with Crippen molar-refractivity contribution < 1.29 is 9.47 Å². The Bertz CT molecular complexity index is 645. The first-order chi connectivity index (χ1) is 9.65. The van der Waals surface area contributed by atoms with E-state index in [-0.39, 0.29) is 0 Å². The van der Waals surface area contributed by atoms with Crippen molar-refractivity contribution in [1.82, 2.24) is 9.78 Å². The van der Waals surface area contributed by atoms with E-state index in [1.54, 1.807) is 10.9 Å². The van der Waals surface area contributed by atoms with Crippen LogP contribution in [0.15, 0.2) is 22.8 Å². The first kappa shape index (κ1) is 13.6. The van der Waals surface area contributed by atoms with Crippen LogP contribution in [0.4, 0.5) is 5.82 Å². The highest BCUT2D eigenvalue weighted by molar-refractivity contribution is 9.10. The lowest BCUT2D eigenvalue weighted by Gasteiger charge is -2.12. The van der Waals surface area contributed by atoms with Crippen molar-refractivity contribution in [2.24, 2.45) is 0 Å². The minimum Gasteiger partial charge on any atom is -0.489 e. The van der Waals surface area contributed by atoms with Gasteiger partial charge in [-0.05, 0) is 33.6 Å². The Hall–Kier alpha value is -1.40. The molecule has 0 bridgehead atoms. The van der Waals surface area contributed by atoms with Crippen molar-refractivity contribution in [2.75, 3.05) is 18.9 Å². The molecule has 2 aromatic rings. The second-order valence-corrected chi connectivity index (χ2v) is 5.75. The van der Waals surface area contributed by atoms with Crippen LogP contribution in [0.3, 0.4) is 0 Å². The number of fused-ring (bicyclic) bond motifs is 1. The fourth-order valence-corrected chi connectivity index (χ4v) is 2.63. The molecule has 0 spiro atoms. The number of ether oxygens (including phenoxy) is 2. The van der Waals surface area contributed by atoms with E-state index in [4.69, 9.17) is 26.8 Å². The van der Waals surface area contributed by atoms with Gasteiger partial charge in [0.15, 0.2) is 11.5 Å². The number of nitrogens with zero attached hydrogens (tertiary/aromatic N) is 2. The fourth-order valence-electron chi connectivity index (χ4n) is 2.05. The molecule has 20 heavy (non-hydrogen) atoms. The molecule has 106 valence electrons. The largest absolute Gasteiger partial charge is 0.489 e. The summed E-state index contributed by atoms with van der Waals surface area (Å²) in [7, 11) is 0. The topological polar surface area (TPSA) is 62.3 Å². The zero-order valence-corrected chi connectivity index (χ0v) is 12.9. The smallest absolute Gasteiger partial charge is 0.179 e. The Kier molecular flexibility index (Phi) is 3.76. The van der Waals surface area contributed by atoms with E-state index in [1.807, 2.05) is 12.1 Å². The van der Waals surface area contributed by atoms with Gasteiger partial charge in [-0.1, -0.05) is 11.6 Å². The lowest BCUT2D eigenvalue weighted by molar-refractivity contribution is 0.297. The molecule has 0 fully saturated rings. The molecule has 0 aliphatic carbocycles. The molecule has 2 heterocycles. The predicted octanol–water partition coefficient (Wildman–Crippen LogP) is 3.09. The fraction of sp³-hybridized carbons (Fsp3) is 0.308. The van der Waals surface area contributed by atoms with E-state index < -0.39 is 0 Å². The molecule has 0 unspecified atom stereocenters. The normalized spacial score (nSPS) is 14.1. The first-order valence-corrected chi connectivity index (χ1v) is 7.37. The molecule has 7 heteroatoms. The third-order valence-electron chi connectivity index (χ3n) is 3.03. The number of hydrogen-bond acceptors (Lipinski definition) is 4. The molecule has 1 aromatic heterocycles. The van der Waals surface area contributed by atoms with Crippen LogP contribution in [0.1, 0.15) is 12.0 Å². The van der Waals surface area contributed by atoms with Crippen LogP contribution in [0.25, 0.3) is 0 Å². The van der Waals surface area contributed by atoms with Crippen molar-refractivity contribution in [1.29, 1.82) is 0 Å². The van der Waals surface area contributed by atoms with E-state index in [2.05, 4.69) is 21.0 Å². The summed E-state index contributed by atoms with van der Waals surface area (Å²) < 4.78 is 13.7. The van der Waals surface area contributed by atoms with Gasteiger partial charge in [-0.15, -0.1) is 0 Å². The first-order valence-electron chi connectivity index (χ1n) is 6.20. The highest BCUT2D eigenvalue weighted by atomic mass is 79.9. The Morgan fingerprint density at radius 3 is 2.90 bits per heavy atom. The third kappa shape index (κ3) is 2.58. The van der Waals surface area contributed by atoms with Gasteiger partial charge in [0, 0.05) is 6.42 Å². The molecule has 0 saturated carbocycles. The average Bonchev–Trinajstić information content (AvgIpc) is 2.66. The third-order valence-corrected chi connectivity index (χ3v) is 3.92. The Labute approximate surface area is 129 Å². The van der Waals surface area contributed by atoms with Crippen LogP contribution in [-0.4, -0.2) is 23.0 Å². The number of halogens is 2. The number of nitrogens with two attached hydrogens (primary N) is 1. The number of nitrogen functional groups attached to an aromatic ring is 1. The summed E-state index contributed by atoms with van der Waals surface area (Å²) in [6, 6.07) is 3.77. The van der Waals surface area contributed by atoms with Gasteiger partial charge in [0.2, 0.25) is 0 Å². The van der Waals surface area contributed by atoms with Gasteiger partial charge in [-0.25, -0.2) is 4.68 Å². The lowest BCUT2D eigenvalue weighted by Crippen LogP contribution is -2.06. The van der Waals surface area contributed by atoms with Crippen LogP contribution in [0, 0.1) is 0 Å². The van der Waals surface area contributed by atoms with Crippen molar-refractivity contribution in [3.63, 3.8) is 0 Å². The van der Waals surface area contributed by atoms with Gasteiger partial charge in [0.05, 0.1) is 35.5 Å². The van der Waals surface area contributed by atoms with E-state index >= 15 is 0 Å². The molecule has 1 aromatic carbocycles. The summed E-state index contributed by atoms with van der Waals surface area (Å²) >= 11 is 9.59. The van der Waals surface area contributed by atoms with Gasteiger partial charge >= 0.3 is 0 Å². The van der Waals surface area contributed by atoms with E-state index in [0.29, 0.717) is 42.1 Å². The molecule has 0 radical (unpaired) electrons.